The van der Waals surface area contributed by atoms with Gasteiger partial charge in [0, 0.05) is 55.7 Å². The van der Waals surface area contributed by atoms with Crippen molar-refractivity contribution >= 4 is 39.8 Å². The first-order chi connectivity index (χ1) is 19.0. The molecule has 1 aromatic carbocycles. The molecule has 0 radical (unpaired) electrons. The van der Waals surface area contributed by atoms with Gasteiger partial charge in [-0.15, -0.1) is 0 Å². The number of hydrogen-bond acceptors (Lipinski definition) is 9. The number of furan rings is 1. The first kappa shape index (κ1) is 24.5. The third-order valence-electron chi connectivity index (χ3n) is 8.66. The fraction of sp³-hybridized carbons (Fsp3) is 0.433. The molecule has 202 valence electrons. The maximum atomic E-state index is 6.34. The van der Waals surface area contributed by atoms with Gasteiger partial charge in [-0.05, 0) is 56.1 Å². The van der Waals surface area contributed by atoms with Crippen molar-refractivity contribution in [3.05, 3.63) is 48.2 Å². The van der Waals surface area contributed by atoms with E-state index in [-0.39, 0.29) is 0 Å². The average molecular weight is 526 g/mol. The van der Waals surface area contributed by atoms with Crippen LogP contribution in [0.5, 0.6) is 0 Å². The van der Waals surface area contributed by atoms with E-state index in [9.17, 15) is 0 Å². The lowest BCUT2D eigenvalue weighted by molar-refractivity contribution is 0.122. The summed E-state index contributed by atoms with van der Waals surface area (Å²) < 4.78 is 12.0. The zero-order valence-corrected chi connectivity index (χ0v) is 22.5. The number of hydrogen-bond donors (Lipinski definition) is 1. The number of nitrogens with two attached hydrogens (primary N) is 1. The number of nitrogens with zero attached hydrogens (tertiary/aromatic N) is 6. The number of pyridine rings is 1. The molecule has 0 bridgehead atoms. The zero-order chi connectivity index (χ0) is 26.6. The SMILES string of the molecule is C=Cc1c(N)cccc1-c1nc(N2CCOCC2)c2oc3ncc(CN4CC[C@@]5(CCN(C)C5)C4)cc3c2n1. The molecule has 39 heavy (non-hydrogen) atoms. The molecule has 2 N–H and O–H groups in total. The van der Waals surface area contributed by atoms with Crippen LogP contribution in [0.4, 0.5) is 11.5 Å². The Balaban J connectivity index is 1.31. The van der Waals surface area contributed by atoms with Crippen LogP contribution in [-0.4, -0.2) is 84.3 Å². The van der Waals surface area contributed by atoms with E-state index < -0.39 is 0 Å². The number of fused-ring (bicyclic) bond motifs is 3. The second-order valence-electron chi connectivity index (χ2n) is 11.4. The highest BCUT2D eigenvalue weighted by atomic mass is 16.5. The topological polar surface area (TPSA) is 96.8 Å². The van der Waals surface area contributed by atoms with Crippen molar-refractivity contribution < 1.29 is 9.15 Å². The van der Waals surface area contributed by atoms with E-state index in [4.69, 9.17) is 29.8 Å². The van der Waals surface area contributed by atoms with Gasteiger partial charge in [-0.3, -0.25) is 4.90 Å². The van der Waals surface area contributed by atoms with Crippen LogP contribution in [0, 0.1) is 5.41 Å². The summed E-state index contributed by atoms with van der Waals surface area (Å²) in [6, 6.07) is 8.00. The summed E-state index contributed by atoms with van der Waals surface area (Å²) in [6.45, 7) is 12.3. The van der Waals surface area contributed by atoms with Crippen molar-refractivity contribution in [2.75, 3.05) is 70.2 Å². The molecule has 1 spiro atoms. The van der Waals surface area contributed by atoms with Crippen LogP contribution >= 0.6 is 0 Å². The fourth-order valence-corrected chi connectivity index (χ4v) is 6.67. The molecule has 3 aromatic heterocycles. The Morgan fingerprint density at radius 3 is 2.74 bits per heavy atom. The van der Waals surface area contributed by atoms with E-state index in [1.54, 1.807) is 6.08 Å². The van der Waals surface area contributed by atoms with Gasteiger partial charge in [0.05, 0.1) is 18.6 Å². The predicted octanol–water partition coefficient (Wildman–Crippen LogP) is 4.03. The average Bonchev–Trinajstić information content (AvgIpc) is 3.64. The maximum absolute atomic E-state index is 6.34. The number of morpholine rings is 1. The fourth-order valence-electron chi connectivity index (χ4n) is 6.67. The second kappa shape index (κ2) is 9.59. The Labute approximate surface area is 228 Å². The highest BCUT2D eigenvalue weighted by Gasteiger charge is 2.42. The van der Waals surface area contributed by atoms with Gasteiger partial charge < -0.3 is 24.7 Å². The molecule has 3 aliphatic heterocycles. The third-order valence-corrected chi connectivity index (χ3v) is 8.66. The Kier molecular flexibility index (Phi) is 6.02. The van der Waals surface area contributed by atoms with E-state index in [0.29, 0.717) is 41.4 Å². The molecule has 3 aliphatic rings. The number of anilines is 2. The van der Waals surface area contributed by atoms with Crippen molar-refractivity contribution in [3.63, 3.8) is 0 Å². The Bertz CT molecular complexity index is 1560. The lowest BCUT2D eigenvalue weighted by Crippen LogP contribution is -2.37. The molecule has 1 atom stereocenters. The quantitative estimate of drug-likeness (QED) is 0.387. The summed E-state index contributed by atoms with van der Waals surface area (Å²) in [5, 5.41) is 0.916. The summed E-state index contributed by atoms with van der Waals surface area (Å²) in [6.07, 6.45) is 6.29. The number of benzene rings is 1. The molecular formula is C30H35N7O2. The Morgan fingerprint density at radius 1 is 1.10 bits per heavy atom. The summed E-state index contributed by atoms with van der Waals surface area (Å²) in [7, 11) is 2.24. The standard InChI is InChI=1S/C30H35N7O2/c1-3-21-22(5-4-6-24(21)31)27-33-25-23-15-20(17-36-10-8-30(19-36)7-9-35(2)18-30)16-32-29(23)39-26(25)28(34-27)37-11-13-38-14-12-37/h3-6,15-16H,1,7-14,17-19,31H2,2H3/t30-/m1/s1. The van der Waals surface area contributed by atoms with Crippen LogP contribution in [0.15, 0.2) is 41.5 Å². The van der Waals surface area contributed by atoms with Crippen LogP contribution in [0.3, 0.4) is 0 Å². The lowest BCUT2D eigenvalue weighted by Gasteiger charge is -2.27. The van der Waals surface area contributed by atoms with Crippen LogP contribution in [0.1, 0.15) is 24.0 Å². The molecule has 3 saturated heterocycles. The number of rotatable bonds is 5. The van der Waals surface area contributed by atoms with E-state index >= 15 is 0 Å². The van der Waals surface area contributed by atoms with Crippen molar-refractivity contribution in [1.29, 1.82) is 0 Å². The number of ether oxygens (including phenoxy) is 1. The minimum Gasteiger partial charge on any atom is -0.432 e. The monoisotopic (exact) mass is 525 g/mol. The van der Waals surface area contributed by atoms with E-state index in [1.165, 1.54) is 31.5 Å². The molecule has 9 heteroatoms. The van der Waals surface area contributed by atoms with Crippen LogP contribution < -0.4 is 10.6 Å². The van der Waals surface area contributed by atoms with Crippen LogP contribution in [-0.2, 0) is 11.3 Å². The van der Waals surface area contributed by atoms with Crippen LogP contribution in [0.2, 0.25) is 0 Å². The van der Waals surface area contributed by atoms with Gasteiger partial charge in [-0.1, -0.05) is 24.8 Å². The summed E-state index contributed by atoms with van der Waals surface area (Å²) in [4.78, 5) is 22.1. The third kappa shape index (κ3) is 4.34. The van der Waals surface area contributed by atoms with Crippen molar-refractivity contribution in [2.45, 2.75) is 19.4 Å². The summed E-state index contributed by atoms with van der Waals surface area (Å²) >= 11 is 0. The smallest absolute Gasteiger partial charge is 0.229 e. The summed E-state index contributed by atoms with van der Waals surface area (Å²) in [5.41, 5.74) is 12.3. The van der Waals surface area contributed by atoms with Gasteiger partial charge in [-0.25, -0.2) is 15.0 Å². The van der Waals surface area contributed by atoms with Gasteiger partial charge in [0.2, 0.25) is 5.71 Å². The Morgan fingerprint density at radius 2 is 1.95 bits per heavy atom. The minimum absolute atomic E-state index is 0.449. The van der Waals surface area contributed by atoms with Gasteiger partial charge >= 0.3 is 0 Å². The van der Waals surface area contributed by atoms with Gasteiger partial charge in [0.25, 0.3) is 0 Å². The molecule has 7 rings (SSSR count). The summed E-state index contributed by atoms with van der Waals surface area (Å²) in [5.74, 6) is 1.37. The molecular weight excluding hydrogens is 490 g/mol. The predicted molar refractivity (Wildman–Crippen MR) is 155 cm³/mol. The van der Waals surface area contributed by atoms with Crippen LogP contribution in [0.25, 0.3) is 39.7 Å². The van der Waals surface area contributed by atoms with E-state index in [1.807, 2.05) is 24.4 Å². The molecule has 0 aliphatic carbocycles. The number of nitrogen functional groups attached to an aromatic ring is 1. The molecule has 0 saturated carbocycles. The molecule has 0 amide bonds. The van der Waals surface area contributed by atoms with Crippen molar-refractivity contribution in [3.8, 4) is 11.4 Å². The highest BCUT2D eigenvalue weighted by Crippen LogP contribution is 2.40. The molecule has 9 nitrogen and oxygen atoms in total. The normalized spacial score (nSPS) is 22.5. The van der Waals surface area contributed by atoms with Crippen molar-refractivity contribution in [2.24, 2.45) is 5.41 Å². The first-order valence-electron chi connectivity index (χ1n) is 13.9. The number of aromatic nitrogens is 3. The van der Waals surface area contributed by atoms with Crippen molar-refractivity contribution in [1.82, 2.24) is 24.8 Å². The van der Waals surface area contributed by atoms with Gasteiger partial charge in [0.15, 0.2) is 17.2 Å². The first-order valence-corrected chi connectivity index (χ1v) is 13.9. The van der Waals surface area contributed by atoms with Gasteiger partial charge in [0.1, 0.15) is 5.52 Å². The second-order valence-corrected chi connectivity index (χ2v) is 11.4. The molecule has 0 unspecified atom stereocenters. The molecule has 4 aromatic rings. The molecule has 3 fully saturated rings. The zero-order valence-electron chi connectivity index (χ0n) is 22.5. The number of likely N-dealkylation sites (tertiary alicyclic amines) is 2. The van der Waals surface area contributed by atoms with Gasteiger partial charge in [-0.2, -0.15) is 0 Å². The maximum Gasteiger partial charge on any atom is 0.229 e. The molecule has 6 heterocycles. The largest absolute Gasteiger partial charge is 0.432 e. The Hall–Kier alpha value is -3.53. The highest BCUT2D eigenvalue weighted by molar-refractivity contribution is 6.05. The van der Waals surface area contributed by atoms with E-state index in [2.05, 4.69) is 34.4 Å². The van der Waals surface area contributed by atoms with E-state index in [0.717, 1.165) is 60.6 Å². The minimum atomic E-state index is 0.449. The lowest BCUT2D eigenvalue weighted by atomic mass is 9.86.